The van der Waals surface area contributed by atoms with Crippen LogP contribution in [0.15, 0.2) is 30.3 Å². The second-order valence-corrected chi connectivity index (χ2v) is 6.60. The van der Waals surface area contributed by atoms with E-state index in [1.54, 1.807) is 0 Å². The van der Waals surface area contributed by atoms with Gasteiger partial charge in [-0.1, -0.05) is 44.2 Å². The molecule has 21 heavy (non-hydrogen) atoms. The van der Waals surface area contributed by atoms with Gasteiger partial charge in [-0.05, 0) is 44.3 Å². The number of carbonyl (C=O) groups is 1. The maximum absolute atomic E-state index is 13.3. The van der Waals surface area contributed by atoms with Gasteiger partial charge in [0.25, 0.3) is 0 Å². The van der Waals surface area contributed by atoms with Gasteiger partial charge in [0.1, 0.15) is 0 Å². The predicted molar refractivity (Wildman–Crippen MR) is 87.3 cm³/mol. The van der Waals surface area contributed by atoms with E-state index in [4.69, 9.17) is 0 Å². The summed E-state index contributed by atoms with van der Waals surface area (Å²) >= 11 is 0. The highest BCUT2D eigenvalue weighted by Gasteiger charge is 2.43. The van der Waals surface area contributed by atoms with Crippen LogP contribution in [0.4, 0.5) is 0 Å². The monoisotopic (exact) mass is 288 g/mol. The zero-order valence-electron chi connectivity index (χ0n) is 13.7. The number of likely N-dealkylation sites (N-methyl/N-ethyl adjacent to an activating group) is 1. The summed E-state index contributed by atoms with van der Waals surface area (Å²) < 4.78 is 0. The minimum absolute atomic E-state index is 0.257. The van der Waals surface area contributed by atoms with Crippen LogP contribution >= 0.6 is 0 Å². The smallest absolute Gasteiger partial charge is 0.233 e. The van der Waals surface area contributed by atoms with Gasteiger partial charge in [0.15, 0.2) is 0 Å². The van der Waals surface area contributed by atoms with Crippen LogP contribution < -0.4 is 5.32 Å². The lowest BCUT2D eigenvalue weighted by atomic mass is 9.71. The second-order valence-electron chi connectivity index (χ2n) is 6.60. The van der Waals surface area contributed by atoms with E-state index in [2.05, 4.69) is 38.2 Å². The number of rotatable bonds is 4. The third kappa shape index (κ3) is 3.13. The van der Waals surface area contributed by atoms with E-state index in [1.165, 1.54) is 5.56 Å². The van der Waals surface area contributed by atoms with E-state index in [1.807, 2.05) is 30.1 Å². The highest BCUT2D eigenvalue weighted by Crippen LogP contribution is 2.36. The van der Waals surface area contributed by atoms with Crippen molar-refractivity contribution in [2.24, 2.45) is 5.92 Å². The Labute approximate surface area is 128 Å². The number of nitrogens with zero attached hydrogens (tertiary/aromatic N) is 1. The molecule has 1 fully saturated rings. The van der Waals surface area contributed by atoms with Gasteiger partial charge < -0.3 is 10.2 Å². The van der Waals surface area contributed by atoms with Gasteiger partial charge in [-0.15, -0.1) is 0 Å². The molecular formula is C18H28N2O. The van der Waals surface area contributed by atoms with E-state index in [0.29, 0.717) is 5.92 Å². The lowest BCUT2D eigenvalue weighted by molar-refractivity contribution is -0.140. The number of hydrogen-bond donors (Lipinski definition) is 1. The van der Waals surface area contributed by atoms with Crippen LogP contribution in [0.1, 0.15) is 39.2 Å². The van der Waals surface area contributed by atoms with E-state index in [9.17, 15) is 4.79 Å². The van der Waals surface area contributed by atoms with Gasteiger partial charge >= 0.3 is 0 Å². The van der Waals surface area contributed by atoms with Crippen molar-refractivity contribution in [3.8, 4) is 0 Å². The van der Waals surface area contributed by atoms with Crippen LogP contribution in [0.2, 0.25) is 0 Å². The molecule has 1 N–H and O–H groups in total. The summed E-state index contributed by atoms with van der Waals surface area (Å²) in [5.74, 6) is 0.741. The Balaban J connectivity index is 2.34. The molecule has 1 atom stereocenters. The Hall–Kier alpha value is -1.35. The maximum atomic E-state index is 13.3. The van der Waals surface area contributed by atoms with E-state index < -0.39 is 0 Å². The first-order valence-corrected chi connectivity index (χ1v) is 8.02. The number of piperidine rings is 1. The summed E-state index contributed by atoms with van der Waals surface area (Å²) in [6.07, 6.45) is 1.76. The first-order valence-electron chi connectivity index (χ1n) is 8.02. The molecule has 116 valence electrons. The predicted octanol–water partition coefficient (Wildman–Crippen LogP) is 2.81. The summed E-state index contributed by atoms with van der Waals surface area (Å²) in [5, 5.41) is 3.38. The second kappa shape index (κ2) is 6.61. The molecule has 1 aliphatic heterocycles. The fourth-order valence-electron chi connectivity index (χ4n) is 3.21. The van der Waals surface area contributed by atoms with E-state index >= 15 is 0 Å². The van der Waals surface area contributed by atoms with Crippen molar-refractivity contribution >= 4 is 5.91 Å². The molecule has 0 aliphatic carbocycles. The molecule has 1 unspecified atom stereocenters. The summed E-state index contributed by atoms with van der Waals surface area (Å²) in [6.45, 7) is 8.30. The molecule has 0 aromatic heterocycles. The van der Waals surface area contributed by atoms with Gasteiger partial charge in [-0.3, -0.25) is 4.79 Å². The van der Waals surface area contributed by atoms with Crippen LogP contribution in [0.25, 0.3) is 0 Å². The van der Waals surface area contributed by atoms with Crippen LogP contribution in [0, 0.1) is 5.92 Å². The molecule has 3 heteroatoms. The van der Waals surface area contributed by atoms with E-state index in [-0.39, 0.29) is 17.4 Å². The Morgan fingerprint density at radius 1 is 1.14 bits per heavy atom. The van der Waals surface area contributed by atoms with Crippen molar-refractivity contribution in [2.45, 2.75) is 45.1 Å². The highest BCUT2D eigenvalue weighted by molar-refractivity contribution is 5.88. The summed E-state index contributed by atoms with van der Waals surface area (Å²) in [4.78, 5) is 15.2. The zero-order valence-corrected chi connectivity index (χ0v) is 13.7. The minimum atomic E-state index is -0.357. The topological polar surface area (TPSA) is 32.3 Å². The first-order chi connectivity index (χ1) is 9.99. The standard InChI is InChI=1S/C18H28N2O/c1-14(2)15(3)20(4)17(21)18(10-12-19-13-11-18)16-8-6-5-7-9-16/h5-9,14-15,19H,10-13H2,1-4H3. The SMILES string of the molecule is CC(C)C(C)N(C)C(=O)C1(c2ccccc2)CCNCC1. The average Bonchev–Trinajstić information content (AvgIpc) is 2.54. The molecule has 2 rings (SSSR count). The van der Waals surface area contributed by atoms with Crippen LogP contribution in [-0.2, 0) is 10.2 Å². The van der Waals surface area contributed by atoms with Gasteiger partial charge in [-0.25, -0.2) is 0 Å². The third-order valence-electron chi connectivity index (χ3n) is 5.09. The number of nitrogens with one attached hydrogen (secondary N) is 1. The first kappa shape index (κ1) is 16.0. The third-order valence-corrected chi connectivity index (χ3v) is 5.09. The van der Waals surface area contributed by atoms with Gasteiger partial charge in [-0.2, -0.15) is 0 Å². The number of hydrogen-bond acceptors (Lipinski definition) is 2. The number of benzene rings is 1. The van der Waals surface area contributed by atoms with Gasteiger partial charge in [0, 0.05) is 13.1 Å². The molecule has 1 aromatic carbocycles. The van der Waals surface area contributed by atoms with Crippen molar-refractivity contribution < 1.29 is 4.79 Å². The Morgan fingerprint density at radius 3 is 2.24 bits per heavy atom. The van der Waals surface area contributed by atoms with Crippen molar-refractivity contribution in [2.75, 3.05) is 20.1 Å². The average molecular weight is 288 g/mol. The summed E-state index contributed by atoms with van der Waals surface area (Å²) in [7, 11) is 1.96. The Kier molecular flexibility index (Phi) is 5.04. The number of carbonyl (C=O) groups excluding carboxylic acids is 1. The lowest BCUT2D eigenvalue weighted by Gasteiger charge is -2.42. The molecule has 0 bridgehead atoms. The minimum Gasteiger partial charge on any atom is -0.342 e. The molecule has 1 amide bonds. The summed E-state index contributed by atoms with van der Waals surface area (Å²) in [6, 6.07) is 10.6. The van der Waals surface area contributed by atoms with E-state index in [0.717, 1.165) is 25.9 Å². The molecule has 3 nitrogen and oxygen atoms in total. The summed E-state index contributed by atoms with van der Waals surface area (Å²) in [5.41, 5.74) is 0.809. The van der Waals surface area contributed by atoms with Crippen molar-refractivity contribution in [1.29, 1.82) is 0 Å². The Morgan fingerprint density at radius 2 is 1.71 bits per heavy atom. The molecule has 0 saturated carbocycles. The quantitative estimate of drug-likeness (QED) is 0.924. The van der Waals surface area contributed by atoms with Crippen LogP contribution in [-0.4, -0.2) is 37.0 Å². The number of amides is 1. The molecular weight excluding hydrogens is 260 g/mol. The van der Waals surface area contributed by atoms with Crippen molar-refractivity contribution in [3.05, 3.63) is 35.9 Å². The molecule has 1 aromatic rings. The molecule has 0 radical (unpaired) electrons. The highest BCUT2D eigenvalue weighted by atomic mass is 16.2. The largest absolute Gasteiger partial charge is 0.342 e. The fraction of sp³-hybridized carbons (Fsp3) is 0.611. The van der Waals surface area contributed by atoms with Gasteiger partial charge in [0.2, 0.25) is 5.91 Å². The molecule has 1 saturated heterocycles. The lowest BCUT2D eigenvalue weighted by Crippen LogP contribution is -2.53. The van der Waals surface area contributed by atoms with Crippen molar-refractivity contribution in [1.82, 2.24) is 10.2 Å². The molecule has 1 heterocycles. The van der Waals surface area contributed by atoms with Crippen molar-refractivity contribution in [3.63, 3.8) is 0 Å². The normalized spacial score (nSPS) is 19.3. The molecule has 1 aliphatic rings. The maximum Gasteiger partial charge on any atom is 0.233 e. The Bertz CT molecular complexity index is 463. The molecule has 0 spiro atoms. The van der Waals surface area contributed by atoms with Crippen LogP contribution in [0.3, 0.4) is 0 Å². The fourth-order valence-corrected chi connectivity index (χ4v) is 3.21. The van der Waals surface area contributed by atoms with Crippen LogP contribution in [0.5, 0.6) is 0 Å². The zero-order chi connectivity index (χ0) is 15.5. The van der Waals surface area contributed by atoms with Gasteiger partial charge in [0.05, 0.1) is 5.41 Å².